The molecule has 0 fully saturated rings. The third-order valence-corrected chi connectivity index (χ3v) is 16.3. The molecule has 456 valence electrons. The molecule has 1 amide bonds. The number of likely N-dealkylation sites (N-methyl/N-ethyl adjacent to an activating group) is 1. The Morgan fingerprint density at radius 1 is 0.442 bits per heavy atom. The van der Waals surface area contributed by atoms with Crippen molar-refractivity contribution in [3.05, 3.63) is 24.3 Å². The van der Waals surface area contributed by atoms with Gasteiger partial charge >= 0.3 is 5.97 Å². The third kappa shape index (κ3) is 58.9. The van der Waals surface area contributed by atoms with Crippen LogP contribution in [-0.4, -0.2) is 69.4 Å². The van der Waals surface area contributed by atoms with Gasteiger partial charge in [0, 0.05) is 12.8 Å². The number of nitrogens with zero attached hydrogens (tertiary/aromatic N) is 1. The van der Waals surface area contributed by atoms with E-state index in [9.17, 15) is 19.0 Å². The van der Waals surface area contributed by atoms with Crippen molar-refractivity contribution < 1.29 is 37.3 Å². The molecule has 77 heavy (non-hydrogen) atoms. The van der Waals surface area contributed by atoms with Crippen LogP contribution in [0.3, 0.4) is 0 Å². The number of unbranched alkanes of at least 4 members (excludes halogenated alkanes) is 44. The predicted octanol–water partition coefficient (Wildman–Crippen LogP) is 20.3. The van der Waals surface area contributed by atoms with Crippen molar-refractivity contribution in [2.75, 3.05) is 40.9 Å². The quantitative estimate of drug-likeness (QED) is 0.0212. The van der Waals surface area contributed by atoms with Crippen LogP contribution in [0, 0.1) is 0 Å². The van der Waals surface area contributed by atoms with E-state index < -0.39 is 20.0 Å². The van der Waals surface area contributed by atoms with Gasteiger partial charge in [-0.2, -0.15) is 0 Å². The van der Waals surface area contributed by atoms with Crippen LogP contribution in [-0.2, 0) is 27.9 Å². The number of phosphoric acid groups is 1. The molecule has 0 bridgehead atoms. The molecule has 0 radical (unpaired) electrons. The number of carbonyl (C=O) groups excluding carboxylic acids is 2. The summed E-state index contributed by atoms with van der Waals surface area (Å²) in [5.41, 5.74) is 0. The third-order valence-electron chi connectivity index (χ3n) is 15.4. The summed E-state index contributed by atoms with van der Waals surface area (Å²) in [6.07, 6.45) is 68.6. The molecule has 0 aromatic rings. The van der Waals surface area contributed by atoms with Crippen LogP contribution in [0.4, 0.5) is 0 Å². The highest BCUT2D eigenvalue weighted by atomic mass is 31.2. The highest BCUT2D eigenvalue weighted by molar-refractivity contribution is 7.45. The lowest BCUT2D eigenvalue weighted by Gasteiger charge is -2.30. The fourth-order valence-corrected chi connectivity index (χ4v) is 10.9. The van der Waals surface area contributed by atoms with Crippen LogP contribution in [0.1, 0.15) is 342 Å². The maximum atomic E-state index is 13.6. The Labute approximate surface area is 479 Å². The highest BCUT2D eigenvalue weighted by Crippen LogP contribution is 2.38. The van der Waals surface area contributed by atoms with Crippen LogP contribution in [0.5, 0.6) is 0 Å². The summed E-state index contributed by atoms with van der Waals surface area (Å²) in [5.74, 6) is -0.521. The molecular formula is C67H131N2O7P. The van der Waals surface area contributed by atoms with Crippen LogP contribution in [0.25, 0.3) is 0 Å². The zero-order valence-electron chi connectivity index (χ0n) is 52.2. The fourth-order valence-electron chi connectivity index (χ4n) is 10.2. The summed E-state index contributed by atoms with van der Waals surface area (Å²) in [6.45, 7) is 6.90. The topological polar surface area (TPSA) is 114 Å². The SMILES string of the molecule is CCCCCCCC/C=C/CCCCCCCCCCCCCC(=O)OC(/C=C/CCCCCCCCCCCCC)C(COP(=O)([O-])OCC[N+](C)(C)C)NC(=O)CCCCCCCCCCCCCCCCCCC. The van der Waals surface area contributed by atoms with E-state index in [1.165, 1.54) is 250 Å². The lowest BCUT2D eigenvalue weighted by Crippen LogP contribution is -2.47. The van der Waals surface area contributed by atoms with Crippen molar-refractivity contribution in [3.63, 3.8) is 0 Å². The Hall–Kier alpha value is -1.51. The normalized spacial score (nSPS) is 13.7. The molecule has 9 nitrogen and oxygen atoms in total. The van der Waals surface area contributed by atoms with Crippen LogP contribution in [0.2, 0.25) is 0 Å². The van der Waals surface area contributed by atoms with E-state index in [2.05, 4.69) is 38.2 Å². The number of carbonyl (C=O) groups is 2. The van der Waals surface area contributed by atoms with Crippen molar-refractivity contribution in [1.82, 2.24) is 5.32 Å². The molecule has 0 aliphatic carbocycles. The Balaban J connectivity index is 5.16. The lowest BCUT2D eigenvalue weighted by atomic mass is 10.0. The van der Waals surface area contributed by atoms with Gasteiger partial charge in [0.2, 0.25) is 5.91 Å². The Bertz CT molecular complexity index is 1370. The minimum Gasteiger partial charge on any atom is -0.756 e. The van der Waals surface area contributed by atoms with E-state index in [1.54, 1.807) is 0 Å². The van der Waals surface area contributed by atoms with Gasteiger partial charge in [-0.25, -0.2) is 0 Å². The second-order valence-electron chi connectivity index (χ2n) is 24.3. The average Bonchev–Trinajstić information content (AvgIpc) is 3.39. The van der Waals surface area contributed by atoms with Crippen LogP contribution in [0.15, 0.2) is 24.3 Å². The first-order chi connectivity index (χ1) is 37.4. The number of hydrogen-bond acceptors (Lipinski definition) is 7. The van der Waals surface area contributed by atoms with Gasteiger partial charge in [0.1, 0.15) is 19.3 Å². The number of esters is 1. The lowest BCUT2D eigenvalue weighted by molar-refractivity contribution is -0.870. The molecule has 0 spiro atoms. The first-order valence-electron chi connectivity index (χ1n) is 33.6. The number of phosphoric ester groups is 1. The van der Waals surface area contributed by atoms with Gasteiger partial charge < -0.3 is 28.5 Å². The van der Waals surface area contributed by atoms with Crippen LogP contribution < -0.4 is 10.2 Å². The Kier molecular flexibility index (Phi) is 56.6. The van der Waals surface area contributed by atoms with Gasteiger partial charge in [-0.3, -0.25) is 14.2 Å². The van der Waals surface area contributed by atoms with E-state index in [4.69, 9.17) is 13.8 Å². The molecule has 0 aromatic heterocycles. The van der Waals surface area contributed by atoms with Gasteiger partial charge in [-0.15, -0.1) is 0 Å². The summed E-state index contributed by atoms with van der Waals surface area (Å²) < 4.78 is 30.4. The molecule has 0 aliphatic heterocycles. The second kappa shape index (κ2) is 57.7. The number of hydrogen-bond donors (Lipinski definition) is 1. The van der Waals surface area contributed by atoms with Gasteiger partial charge in [0.25, 0.3) is 7.82 Å². The standard InChI is InChI=1S/C67H131N2O7P/c1-7-10-13-16-19-22-25-28-30-32-33-34-35-37-39-42-45-48-51-54-57-60-67(71)76-65(58-55-52-49-46-43-40-27-24-21-18-15-12-9-3)64(63-75-77(72,73)74-62-61-69(4,5)6)68-66(70)59-56-53-50-47-44-41-38-36-31-29-26-23-20-17-14-11-8-2/h28,30,55,58,64-65H,7-27,29,31-54,56-57,59-63H2,1-6H3,(H-,68,70,72,73)/b30-28+,58-55+. The molecule has 3 unspecified atom stereocenters. The molecule has 0 rings (SSSR count). The van der Waals surface area contributed by atoms with Crippen molar-refractivity contribution in [2.24, 2.45) is 0 Å². The highest BCUT2D eigenvalue weighted by Gasteiger charge is 2.27. The minimum atomic E-state index is -4.70. The molecule has 10 heteroatoms. The number of allylic oxidation sites excluding steroid dienone is 3. The maximum absolute atomic E-state index is 13.6. The number of amides is 1. The zero-order valence-corrected chi connectivity index (χ0v) is 53.1. The Morgan fingerprint density at radius 3 is 1.10 bits per heavy atom. The van der Waals surface area contributed by atoms with Crippen molar-refractivity contribution in [1.29, 1.82) is 0 Å². The van der Waals surface area contributed by atoms with Crippen LogP contribution >= 0.6 is 7.82 Å². The van der Waals surface area contributed by atoms with Crippen molar-refractivity contribution >= 4 is 19.7 Å². The second-order valence-corrected chi connectivity index (χ2v) is 25.7. The number of ether oxygens (including phenoxy) is 1. The van der Waals surface area contributed by atoms with E-state index in [0.717, 1.165) is 57.8 Å². The first kappa shape index (κ1) is 75.5. The molecule has 0 saturated heterocycles. The summed E-state index contributed by atoms with van der Waals surface area (Å²) in [4.78, 5) is 40.1. The molecule has 3 atom stereocenters. The summed E-state index contributed by atoms with van der Waals surface area (Å²) in [6, 6.07) is -0.883. The van der Waals surface area contributed by atoms with Gasteiger partial charge in [-0.1, -0.05) is 296 Å². The van der Waals surface area contributed by atoms with Crippen molar-refractivity contribution in [3.8, 4) is 0 Å². The van der Waals surface area contributed by atoms with E-state index >= 15 is 0 Å². The smallest absolute Gasteiger partial charge is 0.306 e. The number of rotatable bonds is 62. The minimum absolute atomic E-state index is 0.0183. The number of nitrogens with one attached hydrogen (secondary N) is 1. The molecule has 1 N–H and O–H groups in total. The average molecular weight is 1110 g/mol. The van der Waals surface area contributed by atoms with E-state index in [1.807, 2.05) is 33.3 Å². The maximum Gasteiger partial charge on any atom is 0.306 e. The van der Waals surface area contributed by atoms with E-state index in [-0.39, 0.29) is 31.5 Å². The predicted molar refractivity (Wildman–Crippen MR) is 330 cm³/mol. The zero-order chi connectivity index (χ0) is 56.4. The van der Waals surface area contributed by atoms with E-state index in [0.29, 0.717) is 17.4 Å². The summed E-state index contributed by atoms with van der Waals surface area (Å²) in [5, 5.41) is 3.04. The summed E-state index contributed by atoms with van der Waals surface area (Å²) in [7, 11) is 1.20. The van der Waals surface area contributed by atoms with Crippen molar-refractivity contribution in [2.45, 2.75) is 354 Å². The molecule has 0 saturated carbocycles. The Morgan fingerprint density at radius 2 is 0.753 bits per heavy atom. The first-order valence-corrected chi connectivity index (χ1v) is 35.1. The fraction of sp³-hybridized carbons (Fsp3) is 0.910. The molecule has 0 aliphatic rings. The molecule has 0 heterocycles. The largest absolute Gasteiger partial charge is 0.756 e. The molecule has 0 aromatic carbocycles. The summed E-state index contributed by atoms with van der Waals surface area (Å²) >= 11 is 0. The monoisotopic (exact) mass is 1110 g/mol. The number of quaternary nitrogens is 1. The van der Waals surface area contributed by atoms with Gasteiger partial charge in [0.15, 0.2) is 0 Å². The van der Waals surface area contributed by atoms with Gasteiger partial charge in [-0.05, 0) is 57.4 Å². The van der Waals surface area contributed by atoms with Gasteiger partial charge in [0.05, 0.1) is 33.8 Å². The molecular weight excluding hydrogens is 976 g/mol.